The van der Waals surface area contributed by atoms with E-state index < -0.39 is 0 Å². The summed E-state index contributed by atoms with van der Waals surface area (Å²) < 4.78 is 5.39. The van der Waals surface area contributed by atoms with Crippen LogP contribution in [-0.4, -0.2) is 77.8 Å². The van der Waals surface area contributed by atoms with E-state index in [1.165, 1.54) is 5.57 Å². The average molecular weight is 383 g/mol. The number of anilines is 1. The topological polar surface area (TPSA) is 56.0 Å². The van der Waals surface area contributed by atoms with Crippen molar-refractivity contribution < 1.29 is 9.52 Å². The van der Waals surface area contributed by atoms with Crippen LogP contribution in [0.15, 0.2) is 52.8 Å². The lowest BCUT2D eigenvalue weighted by molar-refractivity contribution is -0.0123. The van der Waals surface area contributed by atoms with Gasteiger partial charge in [0, 0.05) is 58.1 Å². The highest BCUT2D eigenvalue weighted by molar-refractivity contribution is 5.46. The van der Waals surface area contributed by atoms with E-state index in [0.29, 0.717) is 0 Å². The third kappa shape index (κ3) is 4.63. The highest BCUT2D eigenvalue weighted by Crippen LogP contribution is 2.21. The number of β-amino-alcohol motifs (C(OH)–C–C–N with tert-alkyl or cyclic N) is 1. The lowest BCUT2D eigenvalue weighted by Gasteiger charge is -2.45. The van der Waals surface area contributed by atoms with E-state index in [1.807, 2.05) is 30.5 Å². The lowest BCUT2D eigenvalue weighted by Crippen LogP contribution is -2.59. The highest BCUT2D eigenvalue weighted by Gasteiger charge is 2.33. The zero-order chi connectivity index (χ0) is 19.3. The zero-order valence-corrected chi connectivity index (χ0v) is 16.6. The predicted octanol–water partition coefficient (Wildman–Crippen LogP) is 2.34. The number of hydrogen-bond donors (Lipinski definition) is 1. The molecule has 0 amide bonds. The van der Waals surface area contributed by atoms with Gasteiger partial charge in [-0.05, 0) is 43.7 Å². The molecule has 2 aliphatic rings. The van der Waals surface area contributed by atoms with Gasteiger partial charge in [-0.15, -0.1) is 0 Å². The molecule has 0 radical (unpaired) electrons. The van der Waals surface area contributed by atoms with E-state index in [4.69, 9.17) is 4.42 Å². The Hall–Kier alpha value is -2.15. The van der Waals surface area contributed by atoms with E-state index >= 15 is 0 Å². The number of furan rings is 1. The molecule has 2 fully saturated rings. The van der Waals surface area contributed by atoms with Gasteiger partial charge >= 0.3 is 0 Å². The molecular formula is C22H30N4O2. The molecule has 2 aromatic heterocycles. The van der Waals surface area contributed by atoms with Gasteiger partial charge in [-0.1, -0.05) is 11.6 Å². The van der Waals surface area contributed by atoms with Crippen LogP contribution in [0.2, 0.25) is 0 Å². The van der Waals surface area contributed by atoms with Crippen molar-refractivity contribution in [1.29, 1.82) is 0 Å². The van der Waals surface area contributed by atoms with Crippen molar-refractivity contribution in [2.75, 3.05) is 50.7 Å². The number of hydrogen-bond acceptors (Lipinski definition) is 6. The second kappa shape index (κ2) is 8.90. The SMILES string of the molecule is C/C(=C\c1ccco1)CN1CC[C@@H](N2CCN(c3ccccn3)CC2)[C@H](O)C1. The molecule has 4 rings (SSSR count). The summed E-state index contributed by atoms with van der Waals surface area (Å²) in [6.07, 6.45) is 6.34. The number of nitrogens with zero attached hydrogens (tertiary/aromatic N) is 4. The minimum Gasteiger partial charge on any atom is -0.465 e. The van der Waals surface area contributed by atoms with Crippen LogP contribution < -0.4 is 4.90 Å². The Kier molecular flexibility index (Phi) is 6.10. The van der Waals surface area contributed by atoms with Crippen LogP contribution in [0.3, 0.4) is 0 Å². The first-order valence-corrected chi connectivity index (χ1v) is 10.2. The Morgan fingerprint density at radius 3 is 2.71 bits per heavy atom. The molecular weight excluding hydrogens is 352 g/mol. The molecule has 6 nitrogen and oxygen atoms in total. The number of aliphatic hydroxyl groups excluding tert-OH is 1. The molecule has 150 valence electrons. The van der Waals surface area contributed by atoms with Gasteiger partial charge in [-0.3, -0.25) is 9.80 Å². The molecule has 6 heteroatoms. The predicted molar refractivity (Wildman–Crippen MR) is 111 cm³/mol. The Labute approximate surface area is 167 Å². The summed E-state index contributed by atoms with van der Waals surface area (Å²) in [5.41, 5.74) is 1.25. The Balaban J connectivity index is 1.27. The second-order valence-corrected chi connectivity index (χ2v) is 7.88. The van der Waals surface area contributed by atoms with Crippen molar-refractivity contribution in [2.45, 2.75) is 25.5 Å². The Morgan fingerprint density at radius 2 is 2.04 bits per heavy atom. The maximum absolute atomic E-state index is 10.8. The molecule has 1 N–H and O–H groups in total. The third-order valence-electron chi connectivity index (χ3n) is 5.79. The van der Waals surface area contributed by atoms with Crippen LogP contribution in [-0.2, 0) is 0 Å². The van der Waals surface area contributed by atoms with Gasteiger partial charge in [0.15, 0.2) is 0 Å². The van der Waals surface area contributed by atoms with Crippen LogP contribution in [0.1, 0.15) is 19.1 Å². The van der Waals surface area contributed by atoms with Gasteiger partial charge < -0.3 is 14.4 Å². The molecule has 2 aliphatic heterocycles. The Bertz CT molecular complexity index is 754. The molecule has 0 aliphatic carbocycles. The van der Waals surface area contributed by atoms with Crippen LogP contribution in [0.5, 0.6) is 0 Å². The first kappa shape index (κ1) is 19.2. The summed E-state index contributed by atoms with van der Waals surface area (Å²) in [4.78, 5) is 11.6. The van der Waals surface area contributed by atoms with Gasteiger partial charge in [0.25, 0.3) is 0 Å². The number of aliphatic hydroxyl groups is 1. The van der Waals surface area contributed by atoms with Crippen molar-refractivity contribution in [2.24, 2.45) is 0 Å². The molecule has 4 heterocycles. The molecule has 2 aromatic rings. The van der Waals surface area contributed by atoms with Crippen LogP contribution in [0.25, 0.3) is 6.08 Å². The first-order valence-electron chi connectivity index (χ1n) is 10.2. The van der Waals surface area contributed by atoms with E-state index in [-0.39, 0.29) is 12.1 Å². The fourth-order valence-electron chi connectivity index (χ4n) is 4.39. The number of pyridine rings is 1. The smallest absolute Gasteiger partial charge is 0.128 e. The van der Waals surface area contributed by atoms with Gasteiger partial charge in [0.05, 0.1) is 12.4 Å². The second-order valence-electron chi connectivity index (χ2n) is 7.88. The van der Waals surface area contributed by atoms with Crippen molar-refractivity contribution >= 4 is 11.9 Å². The largest absolute Gasteiger partial charge is 0.465 e. The van der Waals surface area contributed by atoms with Gasteiger partial charge in [0.1, 0.15) is 11.6 Å². The van der Waals surface area contributed by atoms with E-state index in [9.17, 15) is 5.11 Å². The normalized spacial score (nSPS) is 25.2. The summed E-state index contributed by atoms with van der Waals surface area (Å²) in [7, 11) is 0. The maximum atomic E-state index is 10.8. The summed E-state index contributed by atoms with van der Waals surface area (Å²) in [6.45, 7) is 8.64. The van der Waals surface area contributed by atoms with E-state index in [1.54, 1.807) is 6.26 Å². The van der Waals surface area contributed by atoms with Crippen LogP contribution >= 0.6 is 0 Å². The maximum Gasteiger partial charge on any atom is 0.128 e. The fourth-order valence-corrected chi connectivity index (χ4v) is 4.39. The highest BCUT2D eigenvalue weighted by atomic mass is 16.3. The van der Waals surface area contributed by atoms with Crippen LogP contribution in [0.4, 0.5) is 5.82 Å². The van der Waals surface area contributed by atoms with E-state index in [2.05, 4.69) is 38.7 Å². The number of piperazine rings is 1. The fraction of sp³-hybridized carbons (Fsp3) is 0.500. The quantitative estimate of drug-likeness (QED) is 0.857. The molecule has 28 heavy (non-hydrogen) atoms. The summed E-state index contributed by atoms with van der Waals surface area (Å²) >= 11 is 0. The number of piperidine rings is 1. The molecule has 2 saturated heterocycles. The van der Waals surface area contributed by atoms with Gasteiger partial charge in [0.2, 0.25) is 0 Å². The van der Waals surface area contributed by atoms with Crippen molar-refractivity contribution in [3.8, 4) is 0 Å². The molecule has 0 saturated carbocycles. The first-order chi connectivity index (χ1) is 13.7. The number of likely N-dealkylation sites (tertiary alicyclic amines) is 1. The molecule has 0 aromatic carbocycles. The number of aromatic nitrogens is 1. The lowest BCUT2D eigenvalue weighted by atomic mass is 9.98. The van der Waals surface area contributed by atoms with Crippen molar-refractivity contribution in [3.05, 3.63) is 54.1 Å². The molecule has 0 unspecified atom stereocenters. The standard InChI is InChI=1S/C22H30N4O2/c1-18(15-19-5-4-14-28-19)16-24-9-7-20(21(27)17-24)25-10-12-26(13-11-25)22-6-2-3-8-23-22/h2-6,8,14-15,20-21,27H,7,9-13,16-17H2,1H3/b18-15+/t20-,21-/m1/s1. The molecule has 2 atom stereocenters. The summed E-state index contributed by atoms with van der Waals surface area (Å²) in [5.74, 6) is 1.94. The summed E-state index contributed by atoms with van der Waals surface area (Å²) in [5, 5.41) is 10.8. The zero-order valence-electron chi connectivity index (χ0n) is 16.6. The monoisotopic (exact) mass is 382 g/mol. The average Bonchev–Trinajstić information content (AvgIpc) is 3.22. The van der Waals surface area contributed by atoms with Gasteiger partial charge in [-0.2, -0.15) is 0 Å². The number of rotatable bonds is 5. The van der Waals surface area contributed by atoms with E-state index in [0.717, 1.165) is 63.8 Å². The third-order valence-corrected chi connectivity index (χ3v) is 5.79. The van der Waals surface area contributed by atoms with Gasteiger partial charge in [-0.25, -0.2) is 4.98 Å². The van der Waals surface area contributed by atoms with Crippen molar-refractivity contribution in [1.82, 2.24) is 14.8 Å². The summed E-state index contributed by atoms with van der Waals surface area (Å²) in [6, 6.07) is 10.2. The minimum absolute atomic E-state index is 0.261. The van der Waals surface area contributed by atoms with Crippen molar-refractivity contribution in [3.63, 3.8) is 0 Å². The van der Waals surface area contributed by atoms with Crippen LogP contribution in [0, 0.1) is 0 Å². The Morgan fingerprint density at radius 1 is 1.18 bits per heavy atom. The molecule has 0 spiro atoms. The molecule has 0 bridgehead atoms. The minimum atomic E-state index is -0.299.